The summed E-state index contributed by atoms with van der Waals surface area (Å²) >= 11 is 5.53. The summed E-state index contributed by atoms with van der Waals surface area (Å²) < 4.78 is 15.4. The van der Waals surface area contributed by atoms with Crippen LogP contribution in [0.15, 0.2) is 93.2 Å². The van der Waals surface area contributed by atoms with Crippen LogP contribution in [0.5, 0.6) is 0 Å². The van der Waals surface area contributed by atoms with Gasteiger partial charge in [-0.05, 0) is 54.1 Å². The maximum atomic E-state index is 13.8. The maximum absolute atomic E-state index is 13.8. The number of thiazole rings is 1. The molecule has 3 aromatic carbocycles. The third-order valence-electron chi connectivity index (χ3n) is 6.72. The molecule has 0 unspecified atom stereocenters. The maximum Gasteiger partial charge on any atom is 0.308 e. The van der Waals surface area contributed by atoms with E-state index in [0.29, 0.717) is 21.3 Å². The Balaban J connectivity index is 1.39. The van der Waals surface area contributed by atoms with Crippen LogP contribution in [0.2, 0.25) is 0 Å². The highest BCUT2D eigenvalue weighted by Crippen LogP contribution is 2.53. The third kappa shape index (κ3) is 4.64. The molecule has 0 spiro atoms. The van der Waals surface area contributed by atoms with Crippen molar-refractivity contribution in [3.63, 3.8) is 0 Å². The predicted molar refractivity (Wildman–Crippen MR) is 152 cm³/mol. The molecule has 11 heteroatoms. The molecule has 3 atom stereocenters. The fraction of sp³-hybridized carbons (Fsp3) is 0.143. The molecule has 2 aliphatic rings. The minimum absolute atomic E-state index is 0.285. The second-order valence-electron chi connectivity index (χ2n) is 9.12. The van der Waals surface area contributed by atoms with E-state index < -0.39 is 28.8 Å². The molecule has 6 rings (SSSR count). The standard InChI is InChI=1S/C28H19BrFN3O4S2/c29-16-6-12-19(13-7-16)33-25(35)22-21(15-4-2-1-3-5-15)24-27(38-23(22)26(33)36)32(28(37)39-24)14-20(34)31-18-10-8-17(30)9-11-18/h1-13,21-23H,14H2,(H,31,34)/t21-,22-,23+/m0/s1. The van der Waals surface area contributed by atoms with Gasteiger partial charge in [0.1, 0.15) is 17.6 Å². The zero-order valence-corrected chi connectivity index (χ0v) is 23.3. The number of benzene rings is 3. The minimum atomic E-state index is -0.765. The van der Waals surface area contributed by atoms with E-state index in [4.69, 9.17) is 0 Å². The Morgan fingerprint density at radius 2 is 1.62 bits per heavy atom. The molecule has 1 aromatic heterocycles. The molecule has 39 heavy (non-hydrogen) atoms. The third-order valence-corrected chi connectivity index (χ3v) is 9.85. The van der Waals surface area contributed by atoms with Crippen molar-refractivity contribution >= 4 is 68.1 Å². The lowest BCUT2D eigenvalue weighted by molar-refractivity contribution is -0.122. The highest BCUT2D eigenvalue weighted by atomic mass is 79.9. The van der Waals surface area contributed by atoms with E-state index >= 15 is 0 Å². The average molecular weight is 625 g/mol. The summed E-state index contributed by atoms with van der Waals surface area (Å²) in [7, 11) is 0. The summed E-state index contributed by atoms with van der Waals surface area (Å²) in [5.74, 6) is -2.80. The molecule has 1 N–H and O–H groups in total. The molecule has 0 saturated carbocycles. The number of carbonyl (C=O) groups excluding carboxylic acids is 3. The lowest BCUT2D eigenvalue weighted by Gasteiger charge is -2.30. The first-order valence-electron chi connectivity index (χ1n) is 12.0. The Kier molecular flexibility index (Phi) is 6.74. The Bertz CT molecular complexity index is 1660. The number of halogens is 2. The second kappa shape index (κ2) is 10.2. The van der Waals surface area contributed by atoms with Crippen molar-refractivity contribution < 1.29 is 18.8 Å². The highest BCUT2D eigenvalue weighted by molar-refractivity contribution is 9.10. The molecule has 1 saturated heterocycles. The van der Waals surface area contributed by atoms with Gasteiger partial charge in [0.25, 0.3) is 0 Å². The SMILES string of the molecule is O=C(Cn1c2c(sc1=O)[C@@H](c1ccccc1)[C@@H]1C(=O)N(c3ccc(Br)cc3)C(=O)[C@@H]1S2)Nc1ccc(F)cc1. The molecule has 0 aliphatic carbocycles. The first-order chi connectivity index (χ1) is 18.8. The van der Waals surface area contributed by atoms with E-state index in [1.807, 2.05) is 30.3 Å². The molecule has 0 bridgehead atoms. The van der Waals surface area contributed by atoms with Crippen LogP contribution in [0.25, 0.3) is 0 Å². The largest absolute Gasteiger partial charge is 0.325 e. The van der Waals surface area contributed by atoms with Gasteiger partial charge in [-0.15, -0.1) is 0 Å². The smallest absolute Gasteiger partial charge is 0.308 e. The second-order valence-corrected chi connectivity index (χ2v) is 12.2. The van der Waals surface area contributed by atoms with E-state index in [-0.39, 0.29) is 23.2 Å². The minimum Gasteiger partial charge on any atom is -0.325 e. The van der Waals surface area contributed by atoms with Crippen LogP contribution >= 0.6 is 39.0 Å². The first-order valence-corrected chi connectivity index (χ1v) is 14.4. The van der Waals surface area contributed by atoms with Gasteiger partial charge in [0.15, 0.2) is 0 Å². The summed E-state index contributed by atoms with van der Waals surface area (Å²) in [6.07, 6.45) is 0. The molecule has 1 fully saturated rings. The Morgan fingerprint density at radius 1 is 0.923 bits per heavy atom. The normalized spacial score (nSPS) is 20.1. The highest BCUT2D eigenvalue weighted by Gasteiger charge is 2.56. The van der Waals surface area contributed by atoms with Crippen LogP contribution in [0, 0.1) is 11.7 Å². The average Bonchev–Trinajstić information content (AvgIpc) is 3.37. The quantitative estimate of drug-likeness (QED) is 0.307. The van der Waals surface area contributed by atoms with Gasteiger partial charge in [-0.3, -0.25) is 23.7 Å². The number of aromatic nitrogens is 1. The summed E-state index contributed by atoms with van der Waals surface area (Å²) in [5, 5.41) is 2.42. The number of hydrogen-bond donors (Lipinski definition) is 1. The van der Waals surface area contributed by atoms with Gasteiger partial charge >= 0.3 is 4.87 Å². The van der Waals surface area contributed by atoms with E-state index in [2.05, 4.69) is 21.2 Å². The number of hydrogen-bond acceptors (Lipinski definition) is 6. The van der Waals surface area contributed by atoms with E-state index in [9.17, 15) is 23.6 Å². The first kappa shape index (κ1) is 25.7. The Hall–Kier alpha value is -3.54. The fourth-order valence-electron chi connectivity index (χ4n) is 5.00. The number of nitrogens with zero attached hydrogens (tertiary/aromatic N) is 2. The molecule has 4 aromatic rings. The molecule has 2 aliphatic heterocycles. The van der Waals surface area contributed by atoms with Crippen molar-refractivity contribution in [2.75, 3.05) is 10.2 Å². The summed E-state index contributed by atoms with van der Waals surface area (Å²) in [4.78, 5) is 55.1. The van der Waals surface area contributed by atoms with Crippen molar-refractivity contribution in [3.05, 3.63) is 109 Å². The zero-order chi connectivity index (χ0) is 27.3. The Morgan fingerprint density at radius 3 is 2.31 bits per heavy atom. The number of rotatable bonds is 5. The van der Waals surface area contributed by atoms with Gasteiger partial charge in [0.2, 0.25) is 17.7 Å². The Labute approximate surface area is 238 Å². The summed E-state index contributed by atoms with van der Waals surface area (Å²) in [6.45, 7) is -0.285. The topological polar surface area (TPSA) is 88.5 Å². The van der Waals surface area contributed by atoms with E-state index in [1.165, 1.54) is 33.7 Å². The lowest BCUT2D eigenvalue weighted by Crippen LogP contribution is -2.33. The van der Waals surface area contributed by atoms with Gasteiger partial charge in [0.05, 0.1) is 16.6 Å². The van der Waals surface area contributed by atoms with Gasteiger partial charge in [-0.25, -0.2) is 9.29 Å². The van der Waals surface area contributed by atoms with Crippen LogP contribution in [0.4, 0.5) is 15.8 Å². The predicted octanol–water partition coefficient (Wildman–Crippen LogP) is 5.25. The van der Waals surface area contributed by atoms with E-state index in [0.717, 1.165) is 33.1 Å². The molecular formula is C28H19BrFN3O4S2. The number of nitrogens with one attached hydrogen (secondary N) is 1. The fourth-order valence-corrected chi connectivity index (χ4v) is 8.03. The van der Waals surface area contributed by atoms with Crippen molar-refractivity contribution in [3.8, 4) is 0 Å². The molecule has 3 heterocycles. The van der Waals surface area contributed by atoms with Gasteiger partial charge in [-0.2, -0.15) is 0 Å². The number of anilines is 2. The van der Waals surface area contributed by atoms with Crippen LogP contribution in [0.1, 0.15) is 16.4 Å². The number of fused-ring (bicyclic) bond motifs is 2. The molecular weight excluding hydrogens is 605 g/mol. The lowest BCUT2D eigenvalue weighted by atomic mass is 9.83. The van der Waals surface area contributed by atoms with Crippen LogP contribution in [0.3, 0.4) is 0 Å². The van der Waals surface area contributed by atoms with Crippen molar-refractivity contribution in [1.82, 2.24) is 4.57 Å². The summed E-state index contributed by atoms with van der Waals surface area (Å²) in [5.41, 5.74) is 1.70. The number of amides is 3. The van der Waals surface area contributed by atoms with Gasteiger partial charge in [-0.1, -0.05) is 69.4 Å². The molecule has 3 amide bonds. The number of carbonyl (C=O) groups is 3. The van der Waals surface area contributed by atoms with Crippen LogP contribution < -0.4 is 15.1 Å². The summed E-state index contributed by atoms with van der Waals surface area (Å²) in [6, 6.07) is 21.6. The van der Waals surface area contributed by atoms with Crippen molar-refractivity contribution in [2.45, 2.75) is 22.7 Å². The van der Waals surface area contributed by atoms with Crippen LogP contribution in [-0.4, -0.2) is 27.5 Å². The molecule has 196 valence electrons. The van der Waals surface area contributed by atoms with Gasteiger partial charge < -0.3 is 5.32 Å². The van der Waals surface area contributed by atoms with Crippen LogP contribution in [-0.2, 0) is 20.9 Å². The number of thioether (sulfide) groups is 1. The van der Waals surface area contributed by atoms with Crippen molar-refractivity contribution in [2.24, 2.45) is 5.92 Å². The molecule has 7 nitrogen and oxygen atoms in total. The molecule has 0 radical (unpaired) electrons. The van der Waals surface area contributed by atoms with E-state index in [1.54, 1.807) is 24.3 Å². The monoisotopic (exact) mass is 623 g/mol. The zero-order valence-electron chi connectivity index (χ0n) is 20.0. The van der Waals surface area contributed by atoms with Gasteiger partial charge in [0, 0.05) is 21.0 Å². The number of imide groups is 1. The van der Waals surface area contributed by atoms with Crippen molar-refractivity contribution in [1.29, 1.82) is 0 Å².